The largest absolute Gasteiger partial charge is 0.398 e. The first-order valence-corrected chi connectivity index (χ1v) is 6.31. The van der Waals surface area contributed by atoms with Gasteiger partial charge in [0, 0.05) is 16.8 Å². The summed E-state index contributed by atoms with van der Waals surface area (Å²) in [6.45, 7) is 0. The van der Waals surface area contributed by atoms with Crippen molar-refractivity contribution in [1.29, 1.82) is 0 Å². The summed E-state index contributed by atoms with van der Waals surface area (Å²) in [7, 11) is 0. The molecule has 0 aliphatic heterocycles. The van der Waals surface area contributed by atoms with Gasteiger partial charge in [0.15, 0.2) is 0 Å². The fourth-order valence-electron chi connectivity index (χ4n) is 1.57. The van der Waals surface area contributed by atoms with E-state index in [1.54, 1.807) is 0 Å². The Morgan fingerprint density at radius 1 is 0.889 bits per heavy atom. The Morgan fingerprint density at radius 2 is 1.56 bits per heavy atom. The number of halogens is 5. The molecule has 2 aromatic rings. The van der Waals surface area contributed by atoms with E-state index in [2.05, 4.69) is 0 Å². The van der Waals surface area contributed by atoms with Gasteiger partial charge >= 0.3 is 0 Å². The molecule has 0 amide bonds. The maximum atomic E-state index is 13.0. The van der Waals surface area contributed by atoms with Crippen LogP contribution in [0.3, 0.4) is 0 Å². The maximum Gasteiger partial charge on any atom is 0.125 e. The van der Waals surface area contributed by atoms with Gasteiger partial charge in [-0.05, 0) is 24.3 Å². The van der Waals surface area contributed by atoms with Crippen LogP contribution in [0, 0.1) is 5.82 Å². The zero-order chi connectivity index (χ0) is 13.4. The molecule has 6 heteroatoms. The Hall–Kier alpha value is -0.670. The quantitative estimate of drug-likeness (QED) is 0.407. The van der Waals surface area contributed by atoms with E-state index >= 15 is 0 Å². The number of hydrogen-bond donors (Lipinski definition) is 1. The third-order valence-electron chi connectivity index (χ3n) is 2.40. The SMILES string of the molecule is Nc1cc(F)ccc1-c1c(Cl)cc(Cl)c(Cl)c1Cl. The second-order valence-corrected chi connectivity index (χ2v) is 5.15. The van der Waals surface area contributed by atoms with E-state index < -0.39 is 5.82 Å². The molecule has 1 nitrogen and oxygen atoms in total. The predicted molar refractivity (Wildman–Crippen MR) is 76.3 cm³/mol. The van der Waals surface area contributed by atoms with E-state index in [1.165, 1.54) is 24.3 Å². The summed E-state index contributed by atoms with van der Waals surface area (Å²) < 4.78 is 13.0. The predicted octanol–water partition coefficient (Wildman–Crippen LogP) is 5.69. The lowest BCUT2D eigenvalue weighted by Gasteiger charge is -2.12. The summed E-state index contributed by atoms with van der Waals surface area (Å²) in [6.07, 6.45) is 0. The smallest absolute Gasteiger partial charge is 0.125 e. The number of hydrogen-bond acceptors (Lipinski definition) is 1. The van der Waals surface area contributed by atoms with Gasteiger partial charge in [-0.3, -0.25) is 0 Å². The van der Waals surface area contributed by atoms with Gasteiger partial charge in [-0.15, -0.1) is 0 Å². The summed E-state index contributed by atoms with van der Waals surface area (Å²) in [6, 6.07) is 5.41. The lowest BCUT2D eigenvalue weighted by molar-refractivity contribution is 0.628. The van der Waals surface area contributed by atoms with Crippen molar-refractivity contribution in [1.82, 2.24) is 0 Å². The van der Waals surface area contributed by atoms with Crippen molar-refractivity contribution in [2.24, 2.45) is 0 Å². The summed E-state index contributed by atoms with van der Waals surface area (Å²) in [4.78, 5) is 0. The lowest BCUT2D eigenvalue weighted by atomic mass is 10.0. The summed E-state index contributed by atoms with van der Waals surface area (Å²) >= 11 is 24.0. The Balaban J connectivity index is 2.75. The summed E-state index contributed by atoms with van der Waals surface area (Å²) in [5.41, 5.74) is 6.91. The maximum absolute atomic E-state index is 13.0. The molecule has 18 heavy (non-hydrogen) atoms. The van der Waals surface area contributed by atoms with Crippen LogP contribution < -0.4 is 5.73 Å². The van der Waals surface area contributed by atoms with Crippen molar-refractivity contribution in [3.8, 4) is 11.1 Å². The van der Waals surface area contributed by atoms with E-state index in [1.807, 2.05) is 0 Å². The van der Waals surface area contributed by atoms with Gasteiger partial charge in [0.2, 0.25) is 0 Å². The minimum absolute atomic E-state index is 0.182. The molecule has 0 aliphatic rings. The lowest BCUT2D eigenvalue weighted by Crippen LogP contribution is -1.93. The van der Waals surface area contributed by atoms with Crippen molar-refractivity contribution in [2.75, 3.05) is 5.73 Å². The van der Waals surface area contributed by atoms with Gasteiger partial charge in [-0.1, -0.05) is 46.4 Å². The molecule has 2 rings (SSSR count). The highest BCUT2D eigenvalue weighted by Crippen LogP contribution is 2.44. The summed E-state index contributed by atoms with van der Waals surface area (Å²) in [5, 5.41) is 0.915. The second-order valence-electron chi connectivity index (χ2n) is 3.57. The molecule has 0 aromatic heterocycles. The van der Waals surface area contributed by atoms with Crippen LogP contribution >= 0.6 is 46.4 Å². The average Bonchev–Trinajstić information content (AvgIpc) is 2.29. The molecular weight excluding hydrogens is 319 g/mol. The molecule has 0 heterocycles. The molecule has 0 unspecified atom stereocenters. The van der Waals surface area contributed by atoms with E-state index in [9.17, 15) is 4.39 Å². The van der Waals surface area contributed by atoms with Crippen LogP contribution in [-0.2, 0) is 0 Å². The minimum atomic E-state index is -0.441. The highest BCUT2D eigenvalue weighted by atomic mass is 35.5. The molecule has 2 aromatic carbocycles. The highest BCUT2D eigenvalue weighted by Gasteiger charge is 2.17. The molecule has 0 radical (unpaired) electrons. The van der Waals surface area contributed by atoms with Crippen molar-refractivity contribution in [2.45, 2.75) is 0 Å². The van der Waals surface area contributed by atoms with Crippen molar-refractivity contribution < 1.29 is 4.39 Å². The van der Waals surface area contributed by atoms with Crippen molar-refractivity contribution >= 4 is 52.1 Å². The fourth-order valence-corrected chi connectivity index (χ4v) is 2.69. The van der Waals surface area contributed by atoms with E-state index in [0.717, 1.165) is 0 Å². The fraction of sp³-hybridized carbons (Fsp3) is 0. The van der Waals surface area contributed by atoms with Gasteiger partial charge < -0.3 is 5.73 Å². The monoisotopic (exact) mass is 323 g/mol. The molecule has 0 aliphatic carbocycles. The standard InChI is InChI=1S/C12H6Cl4FN/c13-7-4-8(14)11(15)12(16)10(7)6-2-1-5(17)3-9(6)18/h1-4H,18H2. The number of benzene rings is 2. The van der Waals surface area contributed by atoms with Crippen LogP contribution in [0.15, 0.2) is 24.3 Å². The van der Waals surface area contributed by atoms with Gasteiger partial charge in [0.1, 0.15) is 5.82 Å². The third-order valence-corrected chi connectivity index (χ3v) is 3.96. The van der Waals surface area contributed by atoms with Gasteiger partial charge in [0.25, 0.3) is 0 Å². The average molecular weight is 325 g/mol. The zero-order valence-electron chi connectivity index (χ0n) is 8.78. The number of anilines is 1. The first-order chi connectivity index (χ1) is 8.41. The van der Waals surface area contributed by atoms with Gasteiger partial charge in [-0.2, -0.15) is 0 Å². The van der Waals surface area contributed by atoms with Crippen LogP contribution in [-0.4, -0.2) is 0 Å². The Bertz CT molecular complexity index is 628. The van der Waals surface area contributed by atoms with Gasteiger partial charge in [0.05, 0.1) is 20.1 Å². The minimum Gasteiger partial charge on any atom is -0.398 e. The second kappa shape index (κ2) is 5.14. The molecule has 2 N–H and O–H groups in total. The number of nitrogens with two attached hydrogens (primary N) is 1. The van der Waals surface area contributed by atoms with Crippen LogP contribution in [0.4, 0.5) is 10.1 Å². The van der Waals surface area contributed by atoms with E-state index in [-0.39, 0.29) is 20.8 Å². The zero-order valence-corrected chi connectivity index (χ0v) is 11.8. The molecule has 0 saturated carbocycles. The van der Waals surface area contributed by atoms with Crippen LogP contribution in [0.25, 0.3) is 11.1 Å². The third kappa shape index (κ3) is 2.39. The van der Waals surface area contributed by atoms with Crippen molar-refractivity contribution in [3.05, 3.63) is 50.2 Å². The Morgan fingerprint density at radius 3 is 2.17 bits per heavy atom. The van der Waals surface area contributed by atoms with E-state index in [0.29, 0.717) is 16.1 Å². The first-order valence-electron chi connectivity index (χ1n) is 4.80. The number of nitrogen functional groups attached to an aromatic ring is 1. The molecule has 0 fully saturated rings. The van der Waals surface area contributed by atoms with Crippen LogP contribution in [0.2, 0.25) is 20.1 Å². The van der Waals surface area contributed by atoms with Crippen LogP contribution in [0.5, 0.6) is 0 Å². The topological polar surface area (TPSA) is 26.0 Å². The highest BCUT2D eigenvalue weighted by molar-refractivity contribution is 6.51. The van der Waals surface area contributed by atoms with Crippen molar-refractivity contribution in [3.63, 3.8) is 0 Å². The molecule has 94 valence electrons. The first kappa shape index (κ1) is 13.8. The normalized spacial score (nSPS) is 10.7. The molecule has 0 spiro atoms. The molecular formula is C12H6Cl4FN. The molecule has 0 bridgehead atoms. The van der Waals surface area contributed by atoms with Gasteiger partial charge in [-0.25, -0.2) is 4.39 Å². The number of rotatable bonds is 1. The van der Waals surface area contributed by atoms with E-state index in [4.69, 9.17) is 52.1 Å². The van der Waals surface area contributed by atoms with Crippen LogP contribution in [0.1, 0.15) is 0 Å². The summed E-state index contributed by atoms with van der Waals surface area (Å²) in [5.74, 6) is -0.441. The molecule has 0 saturated heterocycles. The Kier molecular flexibility index (Phi) is 3.93. The Labute approximate surface area is 123 Å². The molecule has 0 atom stereocenters.